The molecule has 1 N–H and O–H groups in total. The van der Waals surface area contributed by atoms with Crippen molar-refractivity contribution in [3.8, 4) is 10.7 Å². The van der Waals surface area contributed by atoms with Gasteiger partial charge in [-0.25, -0.2) is 14.8 Å². The van der Waals surface area contributed by atoms with Crippen LogP contribution in [0.1, 0.15) is 16.1 Å². The summed E-state index contributed by atoms with van der Waals surface area (Å²) in [5.74, 6) is -0.505. The van der Waals surface area contributed by atoms with Crippen LogP contribution in [0.5, 0.6) is 0 Å². The van der Waals surface area contributed by atoms with E-state index in [0.717, 1.165) is 15.8 Å². The monoisotopic (exact) mass is 450 g/mol. The van der Waals surface area contributed by atoms with E-state index in [1.807, 2.05) is 35.9 Å². The summed E-state index contributed by atoms with van der Waals surface area (Å²) >= 11 is 2.86. The summed E-state index contributed by atoms with van der Waals surface area (Å²) in [5.41, 5.74) is 2.15. The van der Waals surface area contributed by atoms with Gasteiger partial charge in [0.2, 0.25) is 0 Å². The first-order valence-corrected chi connectivity index (χ1v) is 11.4. The molecule has 7 nitrogen and oxygen atoms in total. The highest BCUT2D eigenvalue weighted by Crippen LogP contribution is 2.28. The molecule has 1 amide bonds. The number of thioether (sulfide) groups is 1. The van der Waals surface area contributed by atoms with Crippen LogP contribution >= 0.6 is 23.1 Å². The fraction of sp³-hybridized carbons (Fsp3) is 0.136. The number of rotatable bonds is 6. The molecule has 4 rings (SSSR count). The van der Waals surface area contributed by atoms with Crippen LogP contribution in [0.3, 0.4) is 0 Å². The lowest BCUT2D eigenvalue weighted by atomic mass is 10.2. The van der Waals surface area contributed by atoms with E-state index in [0.29, 0.717) is 22.2 Å². The van der Waals surface area contributed by atoms with Gasteiger partial charge >= 0.3 is 5.97 Å². The minimum atomic E-state index is -0.630. The molecule has 156 valence electrons. The number of carbonyl (C=O) groups excluding carboxylic acids is 2. The predicted molar refractivity (Wildman–Crippen MR) is 123 cm³/mol. The molecule has 31 heavy (non-hydrogen) atoms. The largest absolute Gasteiger partial charge is 0.452 e. The second-order valence-corrected chi connectivity index (χ2v) is 8.24. The lowest BCUT2D eigenvalue weighted by molar-refractivity contribution is -0.119. The maximum atomic E-state index is 12.7. The number of benzene rings is 1. The SMILES string of the molecule is CSc1nc(-c2cccs2)nc(C)c1C(=O)OCC(=O)Nc1cccc2ncccc12. The number of pyridine rings is 1. The molecule has 9 heteroatoms. The molecule has 3 aromatic heterocycles. The standard InChI is InChI=1S/C22H18N4O3S2/c1-13-19(21(30-2)26-20(24-13)17-9-5-11-31-17)22(28)29-12-18(27)25-16-8-3-7-15-14(16)6-4-10-23-15/h3-11H,12H2,1-2H3,(H,25,27). The summed E-state index contributed by atoms with van der Waals surface area (Å²) in [6.45, 7) is 1.31. The van der Waals surface area contributed by atoms with E-state index < -0.39 is 18.5 Å². The number of nitrogens with one attached hydrogen (secondary N) is 1. The van der Waals surface area contributed by atoms with Crippen LogP contribution in [-0.2, 0) is 9.53 Å². The number of ether oxygens (including phenoxy) is 1. The van der Waals surface area contributed by atoms with Crippen molar-refractivity contribution in [2.45, 2.75) is 11.9 Å². The van der Waals surface area contributed by atoms with Crippen molar-refractivity contribution in [2.75, 3.05) is 18.2 Å². The lowest BCUT2D eigenvalue weighted by Gasteiger charge is -2.12. The Balaban J connectivity index is 1.47. The summed E-state index contributed by atoms with van der Waals surface area (Å²) in [6, 6.07) is 12.9. The number of fused-ring (bicyclic) bond motifs is 1. The van der Waals surface area contributed by atoms with Crippen LogP contribution in [0.25, 0.3) is 21.6 Å². The molecule has 0 saturated carbocycles. The zero-order chi connectivity index (χ0) is 21.8. The van der Waals surface area contributed by atoms with E-state index in [9.17, 15) is 9.59 Å². The van der Waals surface area contributed by atoms with Gasteiger partial charge in [0.15, 0.2) is 12.4 Å². The summed E-state index contributed by atoms with van der Waals surface area (Å²) in [6.07, 6.45) is 3.52. The van der Waals surface area contributed by atoms with Gasteiger partial charge in [0.1, 0.15) is 10.6 Å². The second kappa shape index (κ2) is 9.23. The molecule has 0 aliphatic carbocycles. The third kappa shape index (κ3) is 4.57. The van der Waals surface area contributed by atoms with Crippen molar-refractivity contribution in [2.24, 2.45) is 0 Å². The molecule has 0 saturated heterocycles. The number of thiophene rings is 1. The van der Waals surface area contributed by atoms with Gasteiger partial charge in [-0.05, 0) is 48.9 Å². The quantitative estimate of drug-likeness (QED) is 0.261. The Morgan fingerprint density at radius 1 is 1.13 bits per heavy atom. The van der Waals surface area contributed by atoms with Gasteiger partial charge in [0.25, 0.3) is 5.91 Å². The molecule has 0 bridgehead atoms. The van der Waals surface area contributed by atoms with E-state index in [-0.39, 0.29) is 5.56 Å². The van der Waals surface area contributed by atoms with Crippen molar-refractivity contribution >= 4 is 51.6 Å². The Morgan fingerprint density at radius 3 is 2.77 bits per heavy atom. The minimum absolute atomic E-state index is 0.273. The molecule has 0 aliphatic heterocycles. The number of carbonyl (C=O) groups is 2. The molecular weight excluding hydrogens is 432 g/mol. The zero-order valence-corrected chi connectivity index (χ0v) is 18.4. The number of aromatic nitrogens is 3. The van der Waals surface area contributed by atoms with Gasteiger partial charge in [0.05, 0.1) is 21.8 Å². The van der Waals surface area contributed by atoms with Crippen LogP contribution < -0.4 is 5.32 Å². The van der Waals surface area contributed by atoms with Gasteiger partial charge in [-0.2, -0.15) is 0 Å². The van der Waals surface area contributed by atoms with Crippen LogP contribution in [0, 0.1) is 6.92 Å². The summed E-state index contributed by atoms with van der Waals surface area (Å²) < 4.78 is 5.27. The molecule has 0 radical (unpaired) electrons. The van der Waals surface area contributed by atoms with Crippen LogP contribution in [-0.4, -0.2) is 39.7 Å². The number of amides is 1. The number of hydrogen-bond acceptors (Lipinski definition) is 8. The fourth-order valence-electron chi connectivity index (χ4n) is 3.05. The van der Waals surface area contributed by atoms with Gasteiger partial charge in [-0.3, -0.25) is 9.78 Å². The highest BCUT2D eigenvalue weighted by molar-refractivity contribution is 7.98. The molecule has 3 heterocycles. The normalized spacial score (nSPS) is 10.8. The predicted octanol–water partition coefficient (Wildman–Crippen LogP) is 4.58. The van der Waals surface area contributed by atoms with Gasteiger partial charge in [0, 0.05) is 11.6 Å². The first-order chi connectivity index (χ1) is 15.1. The zero-order valence-electron chi connectivity index (χ0n) is 16.8. The smallest absolute Gasteiger partial charge is 0.343 e. The highest BCUT2D eigenvalue weighted by atomic mass is 32.2. The topological polar surface area (TPSA) is 94.1 Å². The average molecular weight is 451 g/mol. The van der Waals surface area contributed by atoms with Crippen molar-refractivity contribution in [1.29, 1.82) is 0 Å². The molecule has 1 aromatic carbocycles. The molecule has 0 fully saturated rings. The molecule has 0 unspecified atom stereocenters. The molecule has 0 atom stereocenters. The van der Waals surface area contributed by atoms with Crippen LogP contribution in [0.2, 0.25) is 0 Å². The third-order valence-corrected chi connectivity index (χ3v) is 6.00. The lowest BCUT2D eigenvalue weighted by Crippen LogP contribution is -2.22. The van der Waals surface area contributed by atoms with Crippen molar-refractivity contribution in [3.05, 3.63) is 65.3 Å². The number of aryl methyl sites for hydroxylation is 1. The summed E-state index contributed by atoms with van der Waals surface area (Å²) in [5, 5.41) is 6.04. The first-order valence-electron chi connectivity index (χ1n) is 9.34. The minimum Gasteiger partial charge on any atom is -0.452 e. The Kier molecular flexibility index (Phi) is 6.24. The Bertz CT molecular complexity index is 1250. The van der Waals surface area contributed by atoms with Crippen LogP contribution in [0.4, 0.5) is 5.69 Å². The third-order valence-electron chi connectivity index (χ3n) is 4.45. The van der Waals surface area contributed by atoms with E-state index in [1.165, 1.54) is 23.1 Å². The van der Waals surface area contributed by atoms with Gasteiger partial charge in [-0.15, -0.1) is 23.1 Å². The Labute approximate surface area is 186 Å². The van der Waals surface area contributed by atoms with Gasteiger partial charge in [-0.1, -0.05) is 12.1 Å². The van der Waals surface area contributed by atoms with E-state index >= 15 is 0 Å². The number of hydrogen-bond donors (Lipinski definition) is 1. The Hall–Kier alpha value is -3.30. The molecule has 4 aromatic rings. The summed E-state index contributed by atoms with van der Waals surface area (Å²) in [4.78, 5) is 39.2. The fourth-order valence-corrected chi connectivity index (χ4v) is 4.32. The summed E-state index contributed by atoms with van der Waals surface area (Å²) in [7, 11) is 0. The van der Waals surface area contributed by atoms with E-state index in [4.69, 9.17) is 4.74 Å². The van der Waals surface area contributed by atoms with Crippen molar-refractivity contribution in [1.82, 2.24) is 15.0 Å². The first kappa shape index (κ1) is 21.0. The highest BCUT2D eigenvalue weighted by Gasteiger charge is 2.21. The Morgan fingerprint density at radius 2 is 2.00 bits per heavy atom. The van der Waals surface area contributed by atoms with E-state index in [1.54, 1.807) is 31.3 Å². The average Bonchev–Trinajstić information content (AvgIpc) is 3.32. The number of nitrogens with zero attached hydrogens (tertiary/aromatic N) is 3. The van der Waals surface area contributed by atoms with Crippen molar-refractivity contribution < 1.29 is 14.3 Å². The molecular formula is C22H18N4O3S2. The number of anilines is 1. The van der Waals surface area contributed by atoms with Crippen molar-refractivity contribution in [3.63, 3.8) is 0 Å². The maximum absolute atomic E-state index is 12.7. The van der Waals surface area contributed by atoms with Crippen LogP contribution in [0.15, 0.2) is 59.1 Å². The van der Waals surface area contributed by atoms with E-state index in [2.05, 4.69) is 20.3 Å². The van der Waals surface area contributed by atoms with Gasteiger partial charge < -0.3 is 10.1 Å². The second-order valence-electron chi connectivity index (χ2n) is 6.49. The maximum Gasteiger partial charge on any atom is 0.343 e. The number of esters is 1. The molecule has 0 spiro atoms. The molecule has 0 aliphatic rings.